The molecule has 1 aromatic carbocycles. The molecule has 2 atom stereocenters. The van der Waals surface area contributed by atoms with Crippen LogP contribution >= 0.6 is 0 Å². The molecule has 1 fully saturated rings. The van der Waals surface area contributed by atoms with Crippen LogP contribution in [0.1, 0.15) is 38.3 Å². The zero-order chi connectivity index (χ0) is 13.9. The maximum atomic E-state index is 6.21. The predicted molar refractivity (Wildman–Crippen MR) is 81.7 cm³/mol. The third-order valence-corrected chi connectivity index (χ3v) is 4.13. The van der Waals surface area contributed by atoms with Gasteiger partial charge in [-0.2, -0.15) is 0 Å². The van der Waals surface area contributed by atoms with E-state index in [1.54, 1.807) is 0 Å². The number of nitrogens with zero attached hydrogens (tertiary/aromatic N) is 1. The van der Waals surface area contributed by atoms with E-state index in [2.05, 4.69) is 24.0 Å². The minimum absolute atomic E-state index is 0.294. The van der Waals surface area contributed by atoms with Crippen LogP contribution in [0.3, 0.4) is 0 Å². The van der Waals surface area contributed by atoms with E-state index < -0.39 is 0 Å². The van der Waals surface area contributed by atoms with Crippen molar-refractivity contribution in [2.75, 3.05) is 0 Å². The van der Waals surface area contributed by atoms with Gasteiger partial charge in [-0.15, -0.1) is 0 Å². The van der Waals surface area contributed by atoms with Gasteiger partial charge in [0.15, 0.2) is 0 Å². The molecule has 0 bridgehead atoms. The fourth-order valence-electron chi connectivity index (χ4n) is 3.06. The number of hydrogen-bond acceptors (Lipinski definition) is 3. The van der Waals surface area contributed by atoms with E-state index >= 15 is 0 Å². The predicted octanol–water partition coefficient (Wildman–Crippen LogP) is 3.65. The number of ether oxygens (including phenoxy) is 1. The Hall–Kier alpha value is -1.61. The van der Waals surface area contributed by atoms with Crippen molar-refractivity contribution in [3.05, 3.63) is 36.0 Å². The summed E-state index contributed by atoms with van der Waals surface area (Å²) in [7, 11) is 0. The van der Waals surface area contributed by atoms with Gasteiger partial charge in [0.05, 0.1) is 5.69 Å². The highest BCUT2D eigenvalue weighted by molar-refractivity contribution is 5.87. The Morgan fingerprint density at radius 2 is 2.15 bits per heavy atom. The summed E-state index contributed by atoms with van der Waals surface area (Å²) >= 11 is 0. The van der Waals surface area contributed by atoms with Gasteiger partial charge in [0.25, 0.3) is 0 Å². The number of hydrogen-bond donors (Lipinski definition) is 1. The van der Waals surface area contributed by atoms with Crippen LogP contribution in [0.4, 0.5) is 0 Å². The average molecular weight is 270 g/mol. The molecule has 0 amide bonds. The maximum absolute atomic E-state index is 6.21. The van der Waals surface area contributed by atoms with Crippen molar-refractivity contribution < 1.29 is 4.74 Å². The fraction of sp³-hybridized carbons (Fsp3) is 0.471. The Labute approximate surface area is 120 Å². The van der Waals surface area contributed by atoms with Crippen LogP contribution in [0, 0.1) is 5.92 Å². The minimum atomic E-state index is 0.294. The largest absolute Gasteiger partial charge is 0.474 e. The number of fused-ring (bicyclic) bond motifs is 1. The smallest absolute Gasteiger partial charge is 0.221 e. The lowest BCUT2D eigenvalue weighted by molar-refractivity contribution is 0.125. The van der Waals surface area contributed by atoms with Crippen molar-refractivity contribution in [3.8, 4) is 5.88 Å². The zero-order valence-electron chi connectivity index (χ0n) is 12.0. The molecule has 1 saturated carbocycles. The van der Waals surface area contributed by atoms with Crippen LogP contribution < -0.4 is 10.5 Å². The third kappa shape index (κ3) is 2.78. The molecule has 1 aromatic heterocycles. The molecule has 1 aliphatic rings. The summed E-state index contributed by atoms with van der Waals surface area (Å²) in [6.45, 7) is 2.75. The standard InChI is InChI=1S/C17H22N2O/c1-12-5-4-7-15(9-12)20-17-16-8-3-2-6-13(16)10-14(11-18)19-17/h2-3,6,8,10,12,15H,4-5,7,9,11,18H2,1H3. The fourth-order valence-corrected chi connectivity index (χ4v) is 3.06. The van der Waals surface area contributed by atoms with Crippen molar-refractivity contribution in [3.63, 3.8) is 0 Å². The molecule has 106 valence electrons. The van der Waals surface area contributed by atoms with E-state index in [9.17, 15) is 0 Å². The second-order valence-corrected chi connectivity index (χ2v) is 5.86. The number of rotatable bonds is 3. The van der Waals surface area contributed by atoms with Gasteiger partial charge in [0.2, 0.25) is 5.88 Å². The van der Waals surface area contributed by atoms with E-state index in [1.165, 1.54) is 12.8 Å². The minimum Gasteiger partial charge on any atom is -0.474 e. The van der Waals surface area contributed by atoms with Crippen LogP contribution in [0.5, 0.6) is 5.88 Å². The van der Waals surface area contributed by atoms with E-state index in [4.69, 9.17) is 10.5 Å². The summed E-state index contributed by atoms with van der Waals surface area (Å²) in [5.41, 5.74) is 6.64. The Kier molecular flexibility index (Phi) is 3.88. The molecule has 0 aliphatic heterocycles. The zero-order valence-corrected chi connectivity index (χ0v) is 12.0. The molecular formula is C17H22N2O. The lowest BCUT2D eigenvalue weighted by Crippen LogP contribution is -2.24. The van der Waals surface area contributed by atoms with Gasteiger partial charge in [0.1, 0.15) is 6.10 Å². The van der Waals surface area contributed by atoms with Crippen LogP contribution in [0.25, 0.3) is 10.8 Å². The molecule has 2 unspecified atom stereocenters. The lowest BCUT2D eigenvalue weighted by atomic mass is 9.89. The van der Waals surface area contributed by atoms with Gasteiger partial charge in [-0.1, -0.05) is 31.5 Å². The number of nitrogens with two attached hydrogens (primary N) is 1. The summed E-state index contributed by atoms with van der Waals surface area (Å²) in [6.07, 6.45) is 5.12. The Morgan fingerprint density at radius 3 is 2.95 bits per heavy atom. The molecule has 2 aromatic rings. The molecule has 0 spiro atoms. The molecule has 3 heteroatoms. The van der Waals surface area contributed by atoms with E-state index in [0.717, 1.165) is 41.1 Å². The van der Waals surface area contributed by atoms with Crippen molar-refractivity contribution in [2.24, 2.45) is 11.7 Å². The van der Waals surface area contributed by atoms with Crippen molar-refractivity contribution in [1.82, 2.24) is 4.98 Å². The molecule has 2 N–H and O–H groups in total. The molecule has 1 aliphatic carbocycles. The quantitative estimate of drug-likeness (QED) is 0.926. The number of aromatic nitrogens is 1. The Morgan fingerprint density at radius 1 is 1.30 bits per heavy atom. The highest BCUT2D eigenvalue weighted by atomic mass is 16.5. The van der Waals surface area contributed by atoms with Crippen LogP contribution in [-0.2, 0) is 6.54 Å². The van der Waals surface area contributed by atoms with Gasteiger partial charge in [-0.3, -0.25) is 0 Å². The summed E-state index contributed by atoms with van der Waals surface area (Å²) in [4.78, 5) is 4.59. The van der Waals surface area contributed by atoms with E-state index in [1.807, 2.05) is 18.2 Å². The van der Waals surface area contributed by atoms with Crippen LogP contribution in [-0.4, -0.2) is 11.1 Å². The van der Waals surface area contributed by atoms with Gasteiger partial charge >= 0.3 is 0 Å². The Balaban J connectivity index is 1.93. The molecule has 0 saturated heterocycles. The summed E-state index contributed by atoms with van der Waals surface area (Å²) in [5, 5.41) is 2.24. The molecule has 1 heterocycles. The second kappa shape index (κ2) is 5.80. The van der Waals surface area contributed by atoms with E-state index in [0.29, 0.717) is 12.6 Å². The van der Waals surface area contributed by atoms with Crippen molar-refractivity contribution in [1.29, 1.82) is 0 Å². The Bertz CT molecular complexity index is 597. The lowest BCUT2D eigenvalue weighted by Gasteiger charge is -2.27. The molecule has 3 rings (SSSR count). The molecule has 3 nitrogen and oxygen atoms in total. The first-order valence-corrected chi connectivity index (χ1v) is 7.51. The second-order valence-electron chi connectivity index (χ2n) is 5.86. The third-order valence-electron chi connectivity index (χ3n) is 4.13. The summed E-state index contributed by atoms with van der Waals surface area (Å²) < 4.78 is 6.21. The molecule has 0 radical (unpaired) electrons. The van der Waals surface area contributed by atoms with Gasteiger partial charge in [0, 0.05) is 11.9 Å². The van der Waals surface area contributed by atoms with E-state index in [-0.39, 0.29) is 0 Å². The topological polar surface area (TPSA) is 48.1 Å². The van der Waals surface area contributed by atoms with Gasteiger partial charge in [-0.25, -0.2) is 4.98 Å². The van der Waals surface area contributed by atoms with Gasteiger partial charge < -0.3 is 10.5 Å². The SMILES string of the molecule is CC1CCCC(Oc2nc(CN)cc3ccccc23)C1. The number of benzene rings is 1. The molecular weight excluding hydrogens is 248 g/mol. The summed E-state index contributed by atoms with van der Waals surface area (Å²) in [5.74, 6) is 1.50. The first-order chi connectivity index (χ1) is 9.76. The molecule has 20 heavy (non-hydrogen) atoms. The highest BCUT2D eigenvalue weighted by Crippen LogP contribution is 2.30. The average Bonchev–Trinajstić information content (AvgIpc) is 2.47. The highest BCUT2D eigenvalue weighted by Gasteiger charge is 2.21. The van der Waals surface area contributed by atoms with Gasteiger partial charge in [-0.05, 0) is 42.7 Å². The summed E-state index contributed by atoms with van der Waals surface area (Å²) in [6, 6.07) is 10.3. The number of pyridine rings is 1. The maximum Gasteiger partial charge on any atom is 0.221 e. The van der Waals surface area contributed by atoms with Crippen molar-refractivity contribution in [2.45, 2.75) is 45.3 Å². The first kappa shape index (κ1) is 13.4. The first-order valence-electron chi connectivity index (χ1n) is 7.51. The normalized spacial score (nSPS) is 22.9. The van der Waals surface area contributed by atoms with Crippen LogP contribution in [0.2, 0.25) is 0 Å². The van der Waals surface area contributed by atoms with Crippen LogP contribution in [0.15, 0.2) is 30.3 Å². The monoisotopic (exact) mass is 270 g/mol. The van der Waals surface area contributed by atoms with Crippen molar-refractivity contribution >= 4 is 10.8 Å².